The molecule has 0 amide bonds. The van der Waals surface area contributed by atoms with Crippen LogP contribution in [0.1, 0.15) is 10.4 Å². The van der Waals surface area contributed by atoms with Gasteiger partial charge in [-0.3, -0.25) is 0 Å². The Hall–Kier alpha value is -1.36. The quantitative estimate of drug-likeness (QED) is 0.706. The minimum atomic E-state index is -4.21. The van der Waals surface area contributed by atoms with Crippen molar-refractivity contribution < 1.29 is 17.6 Å². The Bertz CT molecular complexity index is 476. The Labute approximate surface area is 99.5 Å². The van der Waals surface area contributed by atoms with E-state index in [2.05, 4.69) is 0 Å². The molecule has 0 unspecified atom stereocenters. The first kappa shape index (κ1) is 12.1. The molecule has 5 heteroatoms. The third-order valence-corrected chi connectivity index (χ3v) is 3.30. The molecular weight excluding hydrogens is 252 g/mol. The van der Waals surface area contributed by atoms with E-state index in [0.717, 1.165) is 18.2 Å². The zero-order valence-corrected chi connectivity index (χ0v) is 9.36. The number of rotatable bonds is 3. The van der Waals surface area contributed by atoms with E-state index < -0.39 is 22.3 Å². The topological polar surface area (TPSA) is 0 Å². The van der Waals surface area contributed by atoms with Gasteiger partial charge in [0.25, 0.3) is 0 Å². The zero-order valence-electron chi connectivity index (χ0n) is 8.54. The van der Waals surface area contributed by atoms with Crippen LogP contribution >= 0.6 is 11.3 Å². The van der Waals surface area contributed by atoms with Gasteiger partial charge in [0.05, 0.1) is 4.88 Å². The van der Waals surface area contributed by atoms with E-state index in [1.54, 1.807) is 0 Å². The summed E-state index contributed by atoms with van der Waals surface area (Å²) in [7, 11) is 0. The molecule has 0 aliphatic heterocycles. The maximum atomic E-state index is 13.8. The Balaban J connectivity index is 2.45. The molecule has 0 aliphatic carbocycles. The zero-order chi connectivity index (χ0) is 12.5. The molecule has 1 aromatic heterocycles. The minimum absolute atomic E-state index is 0.621. The first-order valence-corrected chi connectivity index (χ1v) is 5.69. The fourth-order valence-electron chi connectivity index (χ4n) is 1.44. The van der Waals surface area contributed by atoms with Gasteiger partial charge in [0.2, 0.25) is 0 Å². The smallest absolute Gasteiger partial charge is 0.194 e. The molecule has 0 bridgehead atoms. The lowest BCUT2D eigenvalue weighted by molar-refractivity contribution is -0.221. The summed E-state index contributed by atoms with van der Waals surface area (Å²) in [5.74, 6) is -8.40. The molecule has 0 N–H and O–H groups in total. The van der Waals surface area contributed by atoms with E-state index >= 15 is 0 Å². The van der Waals surface area contributed by atoms with Crippen molar-refractivity contribution in [2.24, 2.45) is 0 Å². The molecule has 0 saturated heterocycles. The summed E-state index contributed by atoms with van der Waals surface area (Å²) in [6.45, 7) is 0. The van der Waals surface area contributed by atoms with Crippen LogP contribution in [0.2, 0.25) is 0 Å². The highest BCUT2D eigenvalue weighted by atomic mass is 32.1. The third kappa shape index (κ3) is 1.95. The van der Waals surface area contributed by atoms with Crippen LogP contribution in [-0.4, -0.2) is 0 Å². The van der Waals surface area contributed by atoms with Gasteiger partial charge in [-0.2, -0.15) is 17.6 Å². The van der Waals surface area contributed by atoms with Gasteiger partial charge in [-0.05, 0) is 11.4 Å². The highest BCUT2D eigenvalue weighted by molar-refractivity contribution is 7.10. The van der Waals surface area contributed by atoms with E-state index in [1.165, 1.54) is 29.6 Å². The summed E-state index contributed by atoms with van der Waals surface area (Å²) < 4.78 is 54.9. The molecule has 0 fully saturated rings. The second-order valence-corrected chi connectivity index (χ2v) is 4.44. The van der Waals surface area contributed by atoms with E-state index in [9.17, 15) is 17.6 Å². The van der Waals surface area contributed by atoms with Crippen molar-refractivity contribution in [3.05, 3.63) is 58.3 Å². The number of benzene rings is 1. The summed E-state index contributed by atoms with van der Waals surface area (Å²) in [6, 6.07) is 8.48. The Kier molecular flexibility index (Phi) is 2.95. The number of thiophene rings is 1. The monoisotopic (exact) mass is 260 g/mol. The van der Waals surface area contributed by atoms with Crippen molar-refractivity contribution >= 4 is 11.3 Å². The maximum Gasteiger partial charge on any atom is 0.348 e. The van der Waals surface area contributed by atoms with Gasteiger partial charge in [0.15, 0.2) is 0 Å². The van der Waals surface area contributed by atoms with Crippen LogP contribution in [-0.2, 0) is 11.8 Å². The molecule has 0 nitrogen and oxygen atoms in total. The molecule has 2 aromatic rings. The SMILES string of the molecule is FC(F)(c1ccccc1)C(F)(F)c1cccs1. The van der Waals surface area contributed by atoms with Gasteiger partial charge >= 0.3 is 11.8 Å². The lowest BCUT2D eigenvalue weighted by atomic mass is 10.0. The third-order valence-electron chi connectivity index (χ3n) is 2.36. The lowest BCUT2D eigenvalue weighted by Crippen LogP contribution is -2.34. The molecule has 0 atom stereocenters. The van der Waals surface area contributed by atoms with Crippen molar-refractivity contribution in [2.75, 3.05) is 0 Å². The van der Waals surface area contributed by atoms with E-state index in [-0.39, 0.29) is 0 Å². The molecular formula is C12H8F4S. The molecule has 0 spiro atoms. The second-order valence-electron chi connectivity index (χ2n) is 3.49. The summed E-state index contributed by atoms with van der Waals surface area (Å²) in [5, 5.41) is 1.35. The molecule has 0 aliphatic rings. The number of hydrogen-bond donors (Lipinski definition) is 0. The summed E-state index contributed by atoms with van der Waals surface area (Å²) >= 11 is 0.621. The lowest BCUT2D eigenvalue weighted by Gasteiger charge is -2.25. The van der Waals surface area contributed by atoms with E-state index in [1.807, 2.05) is 0 Å². The van der Waals surface area contributed by atoms with Gasteiger partial charge in [-0.15, -0.1) is 11.3 Å². The van der Waals surface area contributed by atoms with Crippen molar-refractivity contribution in [1.82, 2.24) is 0 Å². The van der Waals surface area contributed by atoms with Gasteiger partial charge in [0, 0.05) is 5.56 Å². The van der Waals surface area contributed by atoms with E-state index in [4.69, 9.17) is 0 Å². The summed E-state index contributed by atoms with van der Waals surface area (Å²) in [6.07, 6.45) is 0. The van der Waals surface area contributed by atoms with Crippen LogP contribution in [0.25, 0.3) is 0 Å². The van der Waals surface area contributed by atoms with Gasteiger partial charge < -0.3 is 0 Å². The summed E-state index contributed by atoms with van der Waals surface area (Å²) in [4.78, 5) is -0.633. The Morgan fingerprint density at radius 2 is 1.41 bits per heavy atom. The van der Waals surface area contributed by atoms with E-state index in [0.29, 0.717) is 11.3 Å². The average Bonchev–Trinajstić information content (AvgIpc) is 2.84. The van der Waals surface area contributed by atoms with Crippen LogP contribution in [0.15, 0.2) is 47.8 Å². The predicted molar refractivity (Wildman–Crippen MR) is 58.5 cm³/mol. The van der Waals surface area contributed by atoms with Crippen molar-refractivity contribution in [1.29, 1.82) is 0 Å². The highest BCUT2D eigenvalue weighted by Gasteiger charge is 2.59. The highest BCUT2D eigenvalue weighted by Crippen LogP contribution is 2.50. The molecule has 17 heavy (non-hydrogen) atoms. The molecule has 90 valence electrons. The maximum absolute atomic E-state index is 13.8. The average molecular weight is 260 g/mol. The molecule has 0 radical (unpaired) electrons. The standard InChI is InChI=1S/C12H8F4S/c13-11(14,9-5-2-1-3-6-9)12(15,16)10-7-4-8-17-10/h1-8H. The van der Waals surface area contributed by atoms with Crippen molar-refractivity contribution in [2.45, 2.75) is 11.8 Å². The van der Waals surface area contributed by atoms with Gasteiger partial charge in [0.1, 0.15) is 0 Å². The molecule has 1 heterocycles. The molecule has 1 aromatic carbocycles. The normalized spacial score (nSPS) is 12.7. The number of halogens is 4. The van der Waals surface area contributed by atoms with Crippen molar-refractivity contribution in [3.63, 3.8) is 0 Å². The molecule has 2 rings (SSSR count). The first-order chi connectivity index (χ1) is 7.96. The Morgan fingerprint density at radius 1 is 0.765 bits per heavy atom. The van der Waals surface area contributed by atoms with Crippen LogP contribution in [0, 0.1) is 0 Å². The van der Waals surface area contributed by atoms with Crippen LogP contribution < -0.4 is 0 Å². The van der Waals surface area contributed by atoms with Crippen LogP contribution in [0.3, 0.4) is 0 Å². The fourth-order valence-corrected chi connectivity index (χ4v) is 2.18. The first-order valence-electron chi connectivity index (χ1n) is 4.81. The largest absolute Gasteiger partial charge is 0.348 e. The Morgan fingerprint density at radius 3 is 1.94 bits per heavy atom. The predicted octanol–water partition coefficient (Wildman–Crippen LogP) is 4.63. The minimum Gasteiger partial charge on any atom is -0.194 e. The second kappa shape index (κ2) is 4.14. The number of hydrogen-bond acceptors (Lipinski definition) is 1. The summed E-state index contributed by atoms with van der Waals surface area (Å²) in [5.41, 5.74) is -0.682. The fraction of sp³-hybridized carbons (Fsp3) is 0.167. The van der Waals surface area contributed by atoms with Gasteiger partial charge in [-0.25, -0.2) is 0 Å². The van der Waals surface area contributed by atoms with Gasteiger partial charge in [-0.1, -0.05) is 36.4 Å². The van der Waals surface area contributed by atoms with Crippen molar-refractivity contribution in [3.8, 4) is 0 Å². The van der Waals surface area contributed by atoms with Crippen LogP contribution in [0.4, 0.5) is 17.6 Å². The van der Waals surface area contributed by atoms with Crippen LogP contribution in [0.5, 0.6) is 0 Å². The number of alkyl halides is 4. The molecule has 0 saturated carbocycles.